The maximum absolute atomic E-state index is 5.79. The zero-order valence-corrected chi connectivity index (χ0v) is 9.04. The number of halogens is 1. The van der Waals surface area contributed by atoms with E-state index in [2.05, 4.69) is 15.9 Å². The van der Waals surface area contributed by atoms with Crippen LogP contribution in [0.25, 0.3) is 0 Å². The Morgan fingerprint density at radius 1 is 1.46 bits per heavy atom. The second-order valence-corrected chi connectivity index (χ2v) is 3.68. The molecule has 1 rings (SSSR count). The summed E-state index contributed by atoms with van der Waals surface area (Å²) in [5.41, 5.74) is 12.2. The van der Waals surface area contributed by atoms with E-state index >= 15 is 0 Å². The minimum atomic E-state index is -0.133. The molecule has 0 amide bonds. The van der Waals surface area contributed by atoms with Crippen molar-refractivity contribution < 1.29 is 4.74 Å². The van der Waals surface area contributed by atoms with Gasteiger partial charge in [-0.3, -0.25) is 0 Å². The van der Waals surface area contributed by atoms with Crippen LogP contribution in [0, 0.1) is 0 Å². The molecule has 0 fully saturated rings. The molecule has 0 aliphatic heterocycles. The lowest BCUT2D eigenvalue weighted by molar-refractivity contribution is 0.413. The molecule has 4 N–H and O–H groups in total. The van der Waals surface area contributed by atoms with E-state index in [4.69, 9.17) is 16.2 Å². The normalized spacial score (nSPS) is 12.6. The molecule has 0 heterocycles. The molecular formula is C9H13BrN2O. The first kappa shape index (κ1) is 10.5. The Hall–Kier alpha value is -0.580. The van der Waals surface area contributed by atoms with Crippen LogP contribution in [0.4, 0.5) is 0 Å². The summed E-state index contributed by atoms with van der Waals surface area (Å²) in [6.45, 7) is 0.430. The first-order chi connectivity index (χ1) is 6.17. The van der Waals surface area contributed by atoms with Crippen LogP contribution in [-0.4, -0.2) is 13.7 Å². The van der Waals surface area contributed by atoms with Gasteiger partial charge < -0.3 is 16.2 Å². The van der Waals surface area contributed by atoms with Crippen molar-refractivity contribution in [1.29, 1.82) is 0 Å². The number of nitrogens with two attached hydrogens (primary N) is 2. The van der Waals surface area contributed by atoms with E-state index in [1.54, 1.807) is 7.11 Å². The van der Waals surface area contributed by atoms with Gasteiger partial charge in [-0.25, -0.2) is 0 Å². The third kappa shape index (κ3) is 2.69. The molecular weight excluding hydrogens is 232 g/mol. The summed E-state index contributed by atoms with van der Waals surface area (Å²) in [4.78, 5) is 0. The standard InChI is InChI=1S/C9H13BrN2O/c1-13-8-3-6(9(12)5-11)2-7(10)4-8/h2-4,9H,5,11-12H2,1H3/t9-/m1/s1. The van der Waals surface area contributed by atoms with Gasteiger partial charge in [-0.1, -0.05) is 15.9 Å². The minimum Gasteiger partial charge on any atom is -0.497 e. The molecule has 0 unspecified atom stereocenters. The van der Waals surface area contributed by atoms with Gasteiger partial charge in [0.25, 0.3) is 0 Å². The highest BCUT2D eigenvalue weighted by molar-refractivity contribution is 9.10. The second kappa shape index (κ2) is 4.60. The highest BCUT2D eigenvalue weighted by Crippen LogP contribution is 2.23. The molecule has 72 valence electrons. The van der Waals surface area contributed by atoms with E-state index in [1.165, 1.54) is 0 Å². The van der Waals surface area contributed by atoms with Crippen LogP contribution in [0.5, 0.6) is 5.75 Å². The third-order valence-electron chi connectivity index (χ3n) is 1.81. The molecule has 0 aliphatic rings. The predicted octanol–water partition coefficient (Wildman–Crippen LogP) is 1.42. The summed E-state index contributed by atoms with van der Waals surface area (Å²) >= 11 is 3.37. The highest BCUT2D eigenvalue weighted by atomic mass is 79.9. The molecule has 1 atom stereocenters. The fourth-order valence-corrected chi connectivity index (χ4v) is 1.54. The molecule has 13 heavy (non-hydrogen) atoms. The molecule has 0 bridgehead atoms. The van der Waals surface area contributed by atoms with Gasteiger partial charge in [-0.15, -0.1) is 0 Å². The molecule has 0 radical (unpaired) electrons. The zero-order chi connectivity index (χ0) is 9.84. The fraction of sp³-hybridized carbons (Fsp3) is 0.333. The summed E-state index contributed by atoms with van der Waals surface area (Å²) in [6.07, 6.45) is 0. The predicted molar refractivity (Wildman–Crippen MR) is 56.7 cm³/mol. The van der Waals surface area contributed by atoms with Gasteiger partial charge in [0.1, 0.15) is 5.75 Å². The molecule has 4 heteroatoms. The van der Waals surface area contributed by atoms with Gasteiger partial charge in [0.05, 0.1) is 7.11 Å². The molecule has 1 aromatic rings. The zero-order valence-electron chi connectivity index (χ0n) is 7.46. The molecule has 0 spiro atoms. The van der Waals surface area contributed by atoms with E-state index in [0.717, 1.165) is 15.8 Å². The average molecular weight is 245 g/mol. The quantitative estimate of drug-likeness (QED) is 0.846. The van der Waals surface area contributed by atoms with E-state index in [0.29, 0.717) is 6.54 Å². The van der Waals surface area contributed by atoms with Crippen molar-refractivity contribution in [2.24, 2.45) is 11.5 Å². The van der Waals surface area contributed by atoms with Gasteiger partial charge in [0.15, 0.2) is 0 Å². The highest BCUT2D eigenvalue weighted by Gasteiger charge is 2.06. The summed E-state index contributed by atoms with van der Waals surface area (Å²) in [7, 11) is 1.62. The Bertz CT molecular complexity index is 291. The molecule has 0 aromatic heterocycles. The van der Waals surface area contributed by atoms with Crippen molar-refractivity contribution in [1.82, 2.24) is 0 Å². The van der Waals surface area contributed by atoms with Gasteiger partial charge in [-0.2, -0.15) is 0 Å². The average Bonchev–Trinajstić information content (AvgIpc) is 2.15. The SMILES string of the molecule is COc1cc(Br)cc([C@H](N)CN)c1. The Morgan fingerprint density at radius 3 is 2.69 bits per heavy atom. The van der Waals surface area contributed by atoms with Crippen LogP contribution in [0.3, 0.4) is 0 Å². The van der Waals surface area contributed by atoms with Crippen LogP contribution in [-0.2, 0) is 0 Å². The Morgan fingerprint density at radius 2 is 2.15 bits per heavy atom. The van der Waals surface area contributed by atoms with Crippen molar-refractivity contribution in [2.45, 2.75) is 6.04 Å². The van der Waals surface area contributed by atoms with Crippen LogP contribution in [0.2, 0.25) is 0 Å². The second-order valence-electron chi connectivity index (χ2n) is 2.77. The molecule has 0 saturated carbocycles. The number of methoxy groups -OCH3 is 1. The Labute approximate surface area is 86.2 Å². The first-order valence-electron chi connectivity index (χ1n) is 3.97. The lowest BCUT2D eigenvalue weighted by atomic mass is 10.1. The first-order valence-corrected chi connectivity index (χ1v) is 4.76. The number of hydrogen-bond donors (Lipinski definition) is 2. The minimum absolute atomic E-state index is 0.133. The topological polar surface area (TPSA) is 61.3 Å². The monoisotopic (exact) mass is 244 g/mol. The largest absolute Gasteiger partial charge is 0.497 e. The van der Waals surface area contributed by atoms with Gasteiger partial charge in [0.2, 0.25) is 0 Å². The van der Waals surface area contributed by atoms with Crippen molar-refractivity contribution in [3.8, 4) is 5.75 Å². The van der Waals surface area contributed by atoms with Gasteiger partial charge in [-0.05, 0) is 23.8 Å². The Kier molecular flexibility index (Phi) is 3.71. The molecule has 3 nitrogen and oxygen atoms in total. The maximum Gasteiger partial charge on any atom is 0.120 e. The number of hydrogen-bond acceptors (Lipinski definition) is 3. The lowest BCUT2D eigenvalue weighted by Crippen LogP contribution is -2.20. The smallest absolute Gasteiger partial charge is 0.120 e. The molecule has 1 aromatic carbocycles. The van der Waals surface area contributed by atoms with E-state index in [-0.39, 0.29) is 6.04 Å². The van der Waals surface area contributed by atoms with Gasteiger partial charge in [0, 0.05) is 17.1 Å². The van der Waals surface area contributed by atoms with E-state index in [9.17, 15) is 0 Å². The van der Waals surface area contributed by atoms with Gasteiger partial charge >= 0.3 is 0 Å². The molecule has 0 aliphatic carbocycles. The Balaban J connectivity index is 3.01. The van der Waals surface area contributed by atoms with Crippen LogP contribution >= 0.6 is 15.9 Å². The number of benzene rings is 1. The lowest BCUT2D eigenvalue weighted by Gasteiger charge is -2.11. The van der Waals surface area contributed by atoms with Crippen molar-refractivity contribution in [2.75, 3.05) is 13.7 Å². The summed E-state index contributed by atoms with van der Waals surface area (Å²) in [6, 6.07) is 5.58. The van der Waals surface area contributed by atoms with Crippen molar-refractivity contribution in [3.63, 3.8) is 0 Å². The van der Waals surface area contributed by atoms with Crippen LogP contribution in [0.1, 0.15) is 11.6 Å². The van der Waals surface area contributed by atoms with Crippen LogP contribution < -0.4 is 16.2 Å². The van der Waals surface area contributed by atoms with Crippen LogP contribution in [0.15, 0.2) is 22.7 Å². The molecule has 0 saturated heterocycles. The summed E-state index contributed by atoms with van der Waals surface area (Å²) in [5, 5.41) is 0. The van der Waals surface area contributed by atoms with Crippen molar-refractivity contribution >= 4 is 15.9 Å². The number of ether oxygens (including phenoxy) is 1. The van der Waals surface area contributed by atoms with E-state index < -0.39 is 0 Å². The van der Waals surface area contributed by atoms with E-state index in [1.807, 2.05) is 18.2 Å². The fourth-order valence-electron chi connectivity index (χ4n) is 1.05. The maximum atomic E-state index is 5.79. The summed E-state index contributed by atoms with van der Waals surface area (Å²) in [5.74, 6) is 0.785. The third-order valence-corrected chi connectivity index (χ3v) is 2.27. The number of rotatable bonds is 3. The summed E-state index contributed by atoms with van der Waals surface area (Å²) < 4.78 is 6.05. The van der Waals surface area contributed by atoms with Crippen molar-refractivity contribution in [3.05, 3.63) is 28.2 Å².